The molecule has 47 heavy (non-hydrogen) atoms. The van der Waals surface area contributed by atoms with Crippen LogP contribution in [0.4, 0.5) is 8.78 Å². The van der Waals surface area contributed by atoms with Crippen molar-refractivity contribution in [3.8, 4) is 17.5 Å². The van der Waals surface area contributed by atoms with Crippen LogP contribution in [0, 0.1) is 28.4 Å². The fourth-order valence-corrected chi connectivity index (χ4v) is 3.70. The maximum Gasteiger partial charge on any atom is 0.300 e. The van der Waals surface area contributed by atoms with Gasteiger partial charge in [0.25, 0.3) is 5.97 Å². The third-order valence-electron chi connectivity index (χ3n) is 5.85. The Morgan fingerprint density at radius 3 is 1.43 bits per heavy atom. The largest absolute Gasteiger partial charge is 0.481 e. The Bertz CT molecular complexity index is 1640. The van der Waals surface area contributed by atoms with Gasteiger partial charge in [0.05, 0.1) is 18.0 Å². The molecule has 0 spiro atoms. The third kappa shape index (κ3) is 16.1. The summed E-state index contributed by atoms with van der Waals surface area (Å²) >= 11 is 0. The Kier molecular flexibility index (Phi) is 17.2. The monoisotopic (exact) mass is 639 g/mol. The quantitative estimate of drug-likeness (QED) is 0.109. The number of rotatable bonds is 9. The molecule has 0 aliphatic heterocycles. The maximum atomic E-state index is 12.8. The van der Waals surface area contributed by atoms with Gasteiger partial charge in [-0.1, -0.05) is 60.7 Å². The molecule has 0 amide bonds. The Balaban J connectivity index is 0.000000277. The Hall–Kier alpha value is -5.97. The van der Waals surface area contributed by atoms with E-state index in [1.807, 2.05) is 36.4 Å². The lowest BCUT2D eigenvalue weighted by atomic mass is 10.1. The number of aliphatic carboxylic acids is 1. The Labute approximate surface area is 271 Å². The number of hydrogen-bond acceptors (Lipinski definition) is 9. The first-order valence-corrected chi connectivity index (χ1v) is 14.1. The summed E-state index contributed by atoms with van der Waals surface area (Å²) in [5.41, 5.74) is 10.3. The van der Waals surface area contributed by atoms with Gasteiger partial charge in [0.2, 0.25) is 5.82 Å². The van der Waals surface area contributed by atoms with Gasteiger partial charge in [-0.3, -0.25) is 10.2 Å². The van der Waals surface area contributed by atoms with Crippen molar-refractivity contribution in [1.29, 1.82) is 10.7 Å². The molecule has 5 rings (SSSR count). The van der Waals surface area contributed by atoms with E-state index in [1.54, 1.807) is 36.4 Å². The van der Waals surface area contributed by atoms with Crippen LogP contribution in [0.5, 0.6) is 0 Å². The highest BCUT2D eigenvalue weighted by atomic mass is 19.1. The number of nitrogens with zero attached hydrogens (tertiary/aromatic N) is 5. The minimum Gasteiger partial charge on any atom is -0.481 e. The molecule has 11 nitrogen and oxygen atoms in total. The minimum absolute atomic E-state index is 0.216. The van der Waals surface area contributed by atoms with Gasteiger partial charge in [-0.15, -0.1) is 20.4 Å². The predicted octanol–water partition coefficient (Wildman–Crippen LogP) is 4.99. The molecular weight excluding hydrogens is 604 g/mol. The number of carbonyl (C=O) groups is 1. The SMILES string of the molecule is CC(=O)O.Fc1ccc(CNCc2ccc(-c3nncnn3)cc2)cc1.N#Cc1ccc(CNCc2ccc(F)cc2)cc1.N=CN. The molecule has 0 radical (unpaired) electrons. The van der Waals surface area contributed by atoms with Crippen molar-refractivity contribution in [3.63, 3.8) is 0 Å². The average Bonchev–Trinajstić information content (AvgIpc) is 3.08. The fraction of sp³-hybridized carbons (Fsp3) is 0.147. The van der Waals surface area contributed by atoms with Gasteiger partial charge in [-0.25, -0.2) is 8.78 Å². The molecule has 13 heteroatoms. The molecule has 1 aromatic heterocycles. The van der Waals surface area contributed by atoms with Crippen molar-refractivity contribution in [1.82, 2.24) is 31.0 Å². The number of nitrogens with two attached hydrogens (primary N) is 1. The zero-order valence-corrected chi connectivity index (χ0v) is 25.6. The number of carboxylic acid groups (broad SMARTS) is 1. The van der Waals surface area contributed by atoms with E-state index < -0.39 is 5.97 Å². The second-order valence-corrected chi connectivity index (χ2v) is 9.52. The highest BCUT2D eigenvalue weighted by Crippen LogP contribution is 2.14. The van der Waals surface area contributed by atoms with Crippen molar-refractivity contribution in [3.05, 3.63) is 143 Å². The molecule has 0 saturated carbocycles. The summed E-state index contributed by atoms with van der Waals surface area (Å²) in [6.45, 7) is 3.92. The van der Waals surface area contributed by atoms with E-state index >= 15 is 0 Å². The van der Waals surface area contributed by atoms with Crippen molar-refractivity contribution in [2.24, 2.45) is 5.73 Å². The topological polar surface area (TPSA) is 187 Å². The van der Waals surface area contributed by atoms with Gasteiger partial charge in [0.15, 0.2) is 6.33 Å². The summed E-state index contributed by atoms with van der Waals surface area (Å²) in [5.74, 6) is -0.759. The number of benzene rings is 4. The van der Waals surface area contributed by atoms with E-state index in [-0.39, 0.29) is 11.6 Å². The number of carboxylic acids is 1. The zero-order chi connectivity index (χ0) is 34.3. The Morgan fingerprint density at radius 2 is 1.09 bits per heavy atom. The second kappa shape index (κ2) is 21.7. The molecule has 0 aliphatic carbocycles. The van der Waals surface area contributed by atoms with Crippen LogP contribution in [-0.2, 0) is 31.0 Å². The number of nitriles is 1. The summed E-state index contributed by atoms with van der Waals surface area (Å²) in [6, 6.07) is 30.4. The molecule has 0 atom stereocenters. The van der Waals surface area contributed by atoms with Crippen LogP contribution in [-0.4, -0.2) is 37.8 Å². The summed E-state index contributed by atoms with van der Waals surface area (Å²) in [7, 11) is 0. The number of aromatic nitrogens is 4. The first-order chi connectivity index (χ1) is 22.7. The van der Waals surface area contributed by atoms with Crippen molar-refractivity contribution in [2.45, 2.75) is 33.1 Å². The van der Waals surface area contributed by atoms with Crippen LogP contribution < -0.4 is 16.4 Å². The number of halogens is 2. The first kappa shape index (κ1) is 37.2. The Morgan fingerprint density at radius 1 is 0.766 bits per heavy atom. The van der Waals surface area contributed by atoms with E-state index in [1.165, 1.54) is 30.6 Å². The van der Waals surface area contributed by atoms with Gasteiger partial charge in [0, 0.05) is 38.7 Å². The van der Waals surface area contributed by atoms with Crippen LogP contribution in [0.2, 0.25) is 0 Å². The minimum atomic E-state index is -0.833. The summed E-state index contributed by atoms with van der Waals surface area (Å²) in [4.78, 5) is 9.00. The smallest absolute Gasteiger partial charge is 0.300 e. The standard InChI is InChI=1S/C16H14FN5.C15H13FN2.C2H4O2.CH4N2/c17-15-7-3-13(4-8-15)10-18-9-12-1-5-14(6-2-12)16-21-19-11-20-22-16;16-15-7-5-14(6-8-15)11-18-10-13-3-1-12(9-17)2-4-13;1-2(3)4;2-1-3/h1-8,11,18H,9-10H2;1-8,18H,10-11H2;1H3,(H,3,4);1H,(H3,2,3). The van der Waals surface area contributed by atoms with Crippen molar-refractivity contribution < 1.29 is 18.7 Å². The molecule has 0 fully saturated rings. The van der Waals surface area contributed by atoms with Gasteiger partial charge in [-0.2, -0.15) is 5.26 Å². The van der Waals surface area contributed by atoms with E-state index in [0.717, 1.165) is 54.2 Å². The molecule has 1 heterocycles. The fourth-order valence-electron chi connectivity index (χ4n) is 3.70. The number of hydrogen-bond donors (Lipinski definition) is 5. The molecule has 0 aliphatic rings. The van der Waals surface area contributed by atoms with Crippen LogP contribution in [0.15, 0.2) is 103 Å². The van der Waals surface area contributed by atoms with Crippen molar-refractivity contribution >= 4 is 12.3 Å². The van der Waals surface area contributed by atoms with E-state index in [9.17, 15) is 8.78 Å². The van der Waals surface area contributed by atoms with Crippen LogP contribution >= 0.6 is 0 Å². The molecule has 0 bridgehead atoms. The van der Waals surface area contributed by atoms with Gasteiger partial charge >= 0.3 is 0 Å². The zero-order valence-electron chi connectivity index (χ0n) is 25.6. The lowest BCUT2D eigenvalue weighted by molar-refractivity contribution is -0.134. The predicted molar refractivity (Wildman–Crippen MR) is 174 cm³/mol. The van der Waals surface area contributed by atoms with Gasteiger partial charge in [0.1, 0.15) is 11.6 Å². The van der Waals surface area contributed by atoms with E-state index in [0.29, 0.717) is 24.5 Å². The van der Waals surface area contributed by atoms with E-state index in [2.05, 4.69) is 42.8 Å². The maximum absolute atomic E-state index is 12.8. The molecule has 242 valence electrons. The number of nitrogens with one attached hydrogen (secondary N) is 3. The first-order valence-electron chi connectivity index (χ1n) is 14.1. The molecule has 0 saturated heterocycles. The summed E-state index contributed by atoms with van der Waals surface area (Å²) in [5, 5.41) is 43.8. The molecular formula is C34H35F2N9O2. The lowest BCUT2D eigenvalue weighted by Crippen LogP contribution is -2.12. The highest BCUT2D eigenvalue weighted by Gasteiger charge is 2.02. The summed E-state index contributed by atoms with van der Waals surface area (Å²) in [6.07, 6.45) is 2.05. The normalized spacial score (nSPS) is 9.57. The third-order valence-corrected chi connectivity index (χ3v) is 5.85. The molecule has 4 aromatic carbocycles. The summed E-state index contributed by atoms with van der Waals surface area (Å²) < 4.78 is 25.5. The van der Waals surface area contributed by atoms with Crippen LogP contribution in [0.25, 0.3) is 11.4 Å². The van der Waals surface area contributed by atoms with Crippen LogP contribution in [0.3, 0.4) is 0 Å². The van der Waals surface area contributed by atoms with Gasteiger partial charge < -0.3 is 21.5 Å². The molecule has 6 N–H and O–H groups in total. The van der Waals surface area contributed by atoms with Crippen LogP contribution in [0.1, 0.15) is 34.7 Å². The van der Waals surface area contributed by atoms with E-state index in [4.69, 9.17) is 20.6 Å². The van der Waals surface area contributed by atoms with Gasteiger partial charge in [-0.05, 0) is 58.7 Å². The lowest BCUT2D eigenvalue weighted by Gasteiger charge is -2.06. The second-order valence-electron chi connectivity index (χ2n) is 9.52. The molecule has 0 unspecified atom stereocenters. The highest BCUT2D eigenvalue weighted by molar-refractivity contribution is 5.63. The average molecular weight is 640 g/mol. The van der Waals surface area contributed by atoms with Crippen molar-refractivity contribution in [2.75, 3.05) is 0 Å². The molecule has 5 aromatic rings.